The van der Waals surface area contributed by atoms with Crippen LogP contribution in [0.15, 0.2) is 18.2 Å². The molecule has 3 rings (SSSR count). The van der Waals surface area contributed by atoms with E-state index in [0.717, 1.165) is 51.1 Å². The van der Waals surface area contributed by atoms with Gasteiger partial charge in [0.1, 0.15) is 0 Å². The maximum atomic E-state index is 14.0. The van der Waals surface area contributed by atoms with E-state index < -0.39 is 21.7 Å². The third-order valence-corrected chi connectivity index (χ3v) is 6.29. The van der Waals surface area contributed by atoms with E-state index in [1.54, 1.807) is 12.1 Å². The van der Waals surface area contributed by atoms with Crippen molar-refractivity contribution in [3.63, 3.8) is 0 Å². The fourth-order valence-electron chi connectivity index (χ4n) is 4.16. The Morgan fingerprint density at radius 3 is 2.63 bits per heavy atom. The second-order valence-corrected chi connectivity index (χ2v) is 9.43. The van der Waals surface area contributed by atoms with E-state index in [0.29, 0.717) is 12.2 Å². The van der Waals surface area contributed by atoms with Gasteiger partial charge in [0.25, 0.3) is 0 Å². The van der Waals surface area contributed by atoms with Crippen LogP contribution in [0, 0.1) is 11.6 Å². The average molecular weight is 403 g/mol. The van der Waals surface area contributed by atoms with Crippen molar-refractivity contribution in [1.29, 1.82) is 0 Å². The number of ether oxygens (including phenoxy) is 1. The number of halogens is 2. The van der Waals surface area contributed by atoms with Crippen LogP contribution in [0.2, 0.25) is 0 Å². The number of hydrogen-bond acceptors (Lipinski definition) is 4. The minimum Gasteiger partial charge on any atom is -0.377 e. The van der Waals surface area contributed by atoms with Crippen LogP contribution >= 0.6 is 0 Å². The first kappa shape index (κ1) is 20.6. The van der Waals surface area contributed by atoms with Gasteiger partial charge < -0.3 is 10.1 Å². The van der Waals surface area contributed by atoms with Gasteiger partial charge in [-0.15, -0.1) is 0 Å². The van der Waals surface area contributed by atoms with Gasteiger partial charge in [0.2, 0.25) is 10.0 Å². The Kier molecular flexibility index (Phi) is 6.83. The highest BCUT2D eigenvalue weighted by molar-refractivity contribution is 7.88. The summed E-state index contributed by atoms with van der Waals surface area (Å²) in [5.41, 5.74) is 0.458. The number of sulfonamides is 1. The summed E-state index contributed by atoms with van der Waals surface area (Å²) in [6.45, 7) is 1.29. The van der Waals surface area contributed by atoms with Crippen molar-refractivity contribution in [2.45, 2.75) is 62.6 Å². The Balaban J connectivity index is 1.49. The van der Waals surface area contributed by atoms with Gasteiger partial charge in [0.05, 0.1) is 19.0 Å². The van der Waals surface area contributed by atoms with E-state index in [-0.39, 0.29) is 24.1 Å². The van der Waals surface area contributed by atoms with Crippen LogP contribution in [0.3, 0.4) is 0 Å². The molecule has 1 heterocycles. The summed E-state index contributed by atoms with van der Waals surface area (Å²) in [7, 11) is -3.26. The van der Waals surface area contributed by atoms with E-state index in [1.165, 1.54) is 6.26 Å². The molecule has 5 nitrogen and oxygen atoms in total. The van der Waals surface area contributed by atoms with Crippen LogP contribution < -0.4 is 10.0 Å². The molecule has 1 aliphatic carbocycles. The summed E-state index contributed by atoms with van der Waals surface area (Å²) in [6.07, 6.45) is 6.05. The normalized spacial score (nSPS) is 29.6. The summed E-state index contributed by atoms with van der Waals surface area (Å²) < 4.78 is 59.2. The molecule has 2 aliphatic rings. The molecule has 1 saturated heterocycles. The SMILES string of the molecule is CS(=O)(=O)NC1CCCNC1COC1CCC(c2cccc(F)c2F)CC1. The molecule has 0 aromatic heterocycles. The standard InChI is InChI=1S/C19H28F2N2O3S/c1-27(24,25)23-17-6-3-11-22-18(17)12-26-14-9-7-13(8-10-14)15-4-2-5-16(20)19(15)21/h2,4-5,13-14,17-18,22-23H,3,6-12H2,1H3. The number of nitrogens with one attached hydrogen (secondary N) is 2. The zero-order chi connectivity index (χ0) is 19.4. The van der Waals surface area contributed by atoms with E-state index in [4.69, 9.17) is 4.74 Å². The summed E-state index contributed by atoms with van der Waals surface area (Å²) in [5, 5.41) is 3.34. The summed E-state index contributed by atoms with van der Waals surface area (Å²) in [6, 6.07) is 4.15. The molecule has 1 saturated carbocycles. The van der Waals surface area contributed by atoms with E-state index in [2.05, 4.69) is 10.0 Å². The second kappa shape index (κ2) is 8.94. The Bertz CT molecular complexity index is 736. The predicted molar refractivity (Wildman–Crippen MR) is 100 cm³/mol. The number of rotatable bonds is 6. The third kappa shape index (κ3) is 5.70. The maximum Gasteiger partial charge on any atom is 0.209 e. The highest BCUT2D eigenvalue weighted by Gasteiger charge is 2.30. The quantitative estimate of drug-likeness (QED) is 0.768. The smallest absolute Gasteiger partial charge is 0.209 e. The van der Waals surface area contributed by atoms with Crippen LogP contribution in [-0.4, -0.2) is 46.0 Å². The van der Waals surface area contributed by atoms with Crippen molar-refractivity contribution in [2.75, 3.05) is 19.4 Å². The molecule has 0 bridgehead atoms. The lowest BCUT2D eigenvalue weighted by atomic mass is 9.82. The third-order valence-electron chi connectivity index (χ3n) is 5.56. The summed E-state index contributed by atoms with van der Waals surface area (Å²) in [5.74, 6) is -1.50. The van der Waals surface area contributed by atoms with Crippen LogP contribution in [0.25, 0.3) is 0 Å². The van der Waals surface area contributed by atoms with Gasteiger partial charge in [0.15, 0.2) is 11.6 Å². The molecular weight excluding hydrogens is 374 g/mol. The fourth-order valence-corrected chi connectivity index (χ4v) is 4.99. The van der Waals surface area contributed by atoms with E-state index in [9.17, 15) is 17.2 Å². The largest absolute Gasteiger partial charge is 0.377 e. The van der Waals surface area contributed by atoms with Crippen molar-refractivity contribution in [1.82, 2.24) is 10.0 Å². The first-order valence-corrected chi connectivity index (χ1v) is 11.5. The van der Waals surface area contributed by atoms with Gasteiger partial charge in [-0.25, -0.2) is 21.9 Å². The topological polar surface area (TPSA) is 67.4 Å². The molecule has 152 valence electrons. The molecule has 1 aromatic carbocycles. The van der Waals surface area contributed by atoms with Gasteiger partial charge >= 0.3 is 0 Å². The fraction of sp³-hybridized carbons (Fsp3) is 0.684. The lowest BCUT2D eigenvalue weighted by Gasteiger charge is -2.35. The van der Waals surface area contributed by atoms with E-state index in [1.807, 2.05) is 0 Å². The first-order chi connectivity index (χ1) is 12.8. The highest BCUT2D eigenvalue weighted by atomic mass is 32.2. The molecule has 27 heavy (non-hydrogen) atoms. The summed E-state index contributed by atoms with van der Waals surface area (Å²) in [4.78, 5) is 0. The maximum absolute atomic E-state index is 14.0. The summed E-state index contributed by atoms with van der Waals surface area (Å²) >= 11 is 0. The number of piperidine rings is 1. The monoisotopic (exact) mass is 402 g/mol. The molecule has 2 unspecified atom stereocenters. The highest BCUT2D eigenvalue weighted by Crippen LogP contribution is 2.35. The van der Waals surface area contributed by atoms with Crippen molar-refractivity contribution >= 4 is 10.0 Å². The van der Waals surface area contributed by atoms with Crippen LogP contribution in [0.1, 0.15) is 50.0 Å². The van der Waals surface area contributed by atoms with Crippen molar-refractivity contribution in [3.05, 3.63) is 35.4 Å². The Labute approximate surface area is 159 Å². The molecule has 1 aliphatic heterocycles. The zero-order valence-corrected chi connectivity index (χ0v) is 16.4. The minimum absolute atomic E-state index is 0.0213. The van der Waals surface area contributed by atoms with Gasteiger partial charge in [-0.05, 0) is 62.6 Å². The van der Waals surface area contributed by atoms with Gasteiger partial charge in [-0.1, -0.05) is 12.1 Å². The van der Waals surface area contributed by atoms with E-state index >= 15 is 0 Å². The molecule has 0 amide bonds. The average Bonchev–Trinajstić information content (AvgIpc) is 2.63. The molecule has 2 fully saturated rings. The molecule has 1 aromatic rings. The van der Waals surface area contributed by atoms with Crippen molar-refractivity contribution in [2.24, 2.45) is 0 Å². The Morgan fingerprint density at radius 1 is 1.19 bits per heavy atom. The minimum atomic E-state index is -3.26. The lowest BCUT2D eigenvalue weighted by Crippen LogP contribution is -2.55. The van der Waals surface area contributed by atoms with Gasteiger partial charge in [-0.2, -0.15) is 0 Å². The Morgan fingerprint density at radius 2 is 1.93 bits per heavy atom. The number of hydrogen-bond donors (Lipinski definition) is 2. The first-order valence-electron chi connectivity index (χ1n) is 9.59. The van der Waals surface area contributed by atoms with Gasteiger partial charge in [-0.3, -0.25) is 0 Å². The molecular formula is C19H28F2N2O3S. The van der Waals surface area contributed by atoms with Gasteiger partial charge in [0, 0.05) is 12.1 Å². The zero-order valence-electron chi connectivity index (χ0n) is 15.6. The molecule has 2 atom stereocenters. The Hall–Kier alpha value is -1.09. The van der Waals surface area contributed by atoms with Crippen molar-refractivity contribution in [3.8, 4) is 0 Å². The van der Waals surface area contributed by atoms with Crippen molar-refractivity contribution < 1.29 is 21.9 Å². The predicted octanol–water partition coefficient (Wildman–Crippen LogP) is 2.68. The van der Waals surface area contributed by atoms with Crippen LogP contribution in [0.5, 0.6) is 0 Å². The molecule has 0 radical (unpaired) electrons. The molecule has 2 N–H and O–H groups in total. The molecule has 0 spiro atoms. The number of benzene rings is 1. The van der Waals surface area contributed by atoms with Crippen LogP contribution in [-0.2, 0) is 14.8 Å². The second-order valence-electron chi connectivity index (χ2n) is 7.65. The lowest BCUT2D eigenvalue weighted by molar-refractivity contribution is 0.00504. The van der Waals surface area contributed by atoms with Crippen LogP contribution in [0.4, 0.5) is 8.78 Å². The molecule has 8 heteroatoms.